The van der Waals surface area contributed by atoms with Crippen molar-refractivity contribution in [2.75, 3.05) is 5.32 Å². The molecule has 0 spiro atoms. The molecule has 0 aliphatic heterocycles. The quantitative estimate of drug-likeness (QED) is 0.375. The Balaban J connectivity index is 1.35. The number of amides is 1. The van der Waals surface area contributed by atoms with Gasteiger partial charge in [0.1, 0.15) is 23.9 Å². The lowest BCUT2D eigenvalue weighted by Crippen LogP contribution is -2.12. The first kappa shape index (κ1) is 21.2. The predicted molar refractivity (Wildman–Crippen MR) is 131 cm³/mol. The van der Waals surface area contributed by atoms with Crippen molar-refractivity contribution in [2.45, 2.75) is 6.61 Å². The Morgan fingerprint density at radius 3 is 2.32 bits per heavy atom. The van der Waals surface area contributed by atoms with Gasteiger partial charge in [-0.05, 0) is 36.4 Å². The molecule has 168 valence electrons. The molecular formula is C27H23N5O2. The number of para-hydroxylation sites is 1. The number of rotatable bonds is 7. The number of carbonyl (C=O) groups is 1. The third-order valence-electron chi connectivity index (χ3n) is 5.43. The Morgan fingerprint density at radius 1 is 0.941 bits per heavy atom. The minimum atomic E-state index is -0.234. The highest BCUT2D eigenvalue weighted by Crippen LogP contribution is 2.25. The highest BCUT2D eigenvalue weighted by molar-refractivity contribution is 6.08. The Kier molecular flexibility index (Phi) is 5.90. The highest BCUT2D eigenvalue weighted by atomic mass is 16.5. The molecule has 0 unspecified atom stereocenters. The number of hydrogen-bond acceptors (Lipinski definition) is 4. The fraction of sp³-hybridized carbons (Fsp3) is 0.0741. The van der Waals surface area contributed by atoms with Gasteiger partial charge in [-0.3, -0.25) is 4.79 Å². The first-order chi connectivity index (χ1) is 16.7. The van der Waals surface area contributed by atoms with Crippen LogP contribution in [0.2, 0.25) is 0 Å². The number of ether oxygens (including phenoxy) is 1. The van der Waals surface area contributed by atoms with Gasteiger partial charge in [0.25, 0.3) is 5.91 Å². The van der Waals surface area contributed by atoms with Crippen molar-refractivity contribution in [3.05, 3.63) is 115 Å². The van der Waals surface area contributed by atoms with Gasteiger partial charge in [0, 0.05) is 36.9 Å². The minimum absolute atomic E-state index is 0.234. The fourth-order valence-corrected chi connectivity index (χ4v) is 3.58. The lowest BCUT2D eigenvalue weighted by Gasteiger charge is -2.08. The van der Waals surface area contributed by atoms with E-state index in [1.165, 1.54) is 0 Å². The van der Waals surface area contributed by atoms with E-state index in [0.29, 0.717) is 29.3 Å². The Labute approximate surface area is 197 Å². The van der Waals surface area contributed by atoms with Crippen LogP contribution < -0.4 is 10.1 Å². The van der Waals surface area contributed by atoms with E-state index in [1.807, 2.05) is 103 Å². The first-order valence-corrected chi connectivity index (χ1v) is 10.9. The number of nitrogens with zero attached hydrogens (tertiary/aromatic N) is 4. The van der Waals surface area contributed by atoms with Gasteiger partial charge < -0.3 is 14.6 Å². The van der Waals surface area contributed by atoms with Gasteiger partial charge in [-0.15, -0.1) is 0 Å². The highest BCUT2D eigenvalue weighted by Gasteiger charge is 2.19. The maximum Gasteiger partial charge on any atom is 0.259 e. The van der Waals surface area contributed by atoms with Crippen molar-refractivity contribution in [3.8, 4) is 22.7 Å². The van der Waals surface area contributed by atoms with Crippen LogP contribution in [0.1, 0.15) is 16.2 Å². The van der Waals surface area contributed by atoms with Gasteiger partial charge in [-0.2, -0.15) is 5.10 Å². The number of carbonyl (C=O) groups excluding carboxylic acids is 1. The summed E-state index contributed by atoms with van der Waals surface area (Å²) >= 11 is 0. The molecular weight excluding hydrogens is 426 g/mol. The molecule has 0 radical (unpaired) electrons. The molecule has 3 aromatic carbocycles. The zero-order valence-electron chi connectivity index (χ0n) is 18.6. The maximum atomic E-state index is 13.2. The van der Waals surface area contributed by atoms with E-state index in [2.05, 4.69) is 10.3 Å². The number of benzene rings is 3. The molecule has 0 atom stereocenters. The van der Waals surface area contributed by atoms with Gasteiger partial charge in [-0.1, -0.05) is 48.5 Å². The third-order valence-corrected chi connectivity index (χ3v) is 5.43. The van der Waals surface area contributed by atoms with E-state index in [0.717, 1.165) is 17.1 Å². The van der Waals surface area contributed by atoms with Crippen molar-refractivity contribution in [1.82, 2.24) is 19.3 Å². The molecule has 0 saturated carbocycles. The Hall–Kier alpha value is -4.65. The zero-order valence-corrected chi connectivity index (χ0v) is 18.6. The van der Waals surface area contributed by atoms with Crippen molar-refractivity contribution < 1.29 is 9.53 Å². The number of nitrogens with one attached hydrogen (secondary N) is 1. The summed E-state index contributed by atoms with van der Waals surface area (Å²) in [5.41, 5.74) is 3.54. The van der Waals surface area contributed by atoms with Crippen molar-refractivity contribution in [2.24, 2.45) is 7.05 Å². The van der Waals surface area contributed by atoms with E-state index < -0.39 is 0 Å². The van der Waals surface area contributed by atoms with Crippen LogP contribution in [0.4, 0.5) is 5.69 Å². The molecule has 0 saturated heterocycles. The standard InChI is InChI=1S/C27H23N5O2/c1-31-17-16-28-25(31)19-34-23-14-12-21(13-15-23)29-27(33)24-18-32(22-10-6-3-7-11-22)30-26(24)20-8-4-2-5-9-20/h2-18H,19H2,1H3,(H,29,33). The molecule has 1 N–H and O–H groups in total. The molecule has 34 heavy (non-hydrogen) atoms. The summed E-state index contributed by atoms with van der Waals surface area (Å²) in [6.45, 7) is 0.369. The van der Waals surface area contributed by atoms with Gasteiger partial charge >= 0.3 is 0 Å². The van der Waals surface area contributed by atoms with Crippen LogP contribution >= 0.6 is 0 Å². The Bertz CT molecular complexity index is 1390. The van der Waals surface area contributed by atoms with E-state index in [9.17, 15) is 4.79 Å². The van der Waals surface area contributed by atoms with Crippen LogP contribution in [-0.2, 0) is 13.7 Å². The van der Waals surface area contributed by atoms with E-state index in [-0.39, 0.29) is 5.91 Å². The topological polar surface area (TPSA) is 74.0 Å². The summed E-state index contributed by atoms with van der Waals surface area (Å²) < 4.78 is 9.43. The van der Waals surface area contributed by atoms with E-state index in [4.69, 9.17) is 9.84 Å². The summed E-state index contributed by atoms with van der Waals surface area (Å²) in [4.78, 5) is 17.5. The molecule has 7 nitrogen and oxygen atoms in total. The van der Waals surface area contributed by atoms with Crippen molar-refractivity contribution >= 4 is 11.6 Å². The third kappa shape index (κ3) is 4.59. The summed E-state index contributed by atoms with van der Waals surface area (Å²) in [5.74, 6) is 1.30. The van der Waals surface area contributed by atoms with Crippen molar-refractivity contribution in [1.29, 1.82) is 0 Å². The lowest BCUT2D eigenvalue weighted by atomic mass is 10.1. The van der Waals surface area contributed by atoms with Crippen LogP contribution in [0.25, 0.3) is 16.9 Å². The minimum Gasteiger partial charge on any atom is -0.486 e. The van der Waals surface area contributed by atoms with E-state index >= 15 is 0 Å². The second-order valence-corrected chi connectivity index (χ2v) is 7.76. The molecule has 2 heterocycles. The number of hydrogen-bond donors (Lipinski definition) is 1. The van der Waals surface area contributed by atoms with Gasteiger partial charge in [-0.25, -0.2) is 9.67 Å². The predicted octanol–water partition coefficient (Wildman–Crippen LogP) is 5.10. The number of aromatic nitrogens is 4. The number of aryl methyl sites for hydroxylation is 1. The maximum absolute atomic E-state index is 13.2. The summed E-state index contributed by atoms with van der Waals surface area (Å²) in [7, 11) is 1.92. The Morgan fingerprint density at radius 2 is 1.65 bits per heavy atom. The lowest BCUT2D eigenvalue weighted by molar-refractivity contribution is 0.102. The second-order valence-electron chi connectivity index (χ2n) is 7.76. The molecule has 0 aliphatic carbocycles. The second kappa shape index (κ2) is 9.46. The van der Waals surface area contributed by atoms with Gasteiger partial charge in [0.15, 0.2) is 0 Å². The molecule has 7 heteroatoms. The van der Waals surface area contributed by atoms with Crippen LogP contribution in [0.3, 0.4) is 0 Å². The smallest absolute Gasteiger partial charge is 0.259 e. The molecule has 1 amide bonds. The average Bonchev–Trinajstić information content (AvgIpc) is 3.51. The van der Waals surface area contributed by atoms with E-state index in [1.54, 1.807) is 17.1 Å². The SMILES string of the molecule is Cn1ccnc1COc1ccc(NC(=O)c2cn(-c3ccccc3)nc2-c2ccccc2)cc1. The number of imidazole rings is 1. The number of anilines is 1. The van der Waals surface area contributed by atoms with Gasteiger partial charge in [0.2, 0.25) is 0 Å². The normalized spacial score (nSPS) is 10.7. The fourth-order valence-electron chi connectivity index (χ4n) is 3.58. The first-order valence-electron chi connectivity index (χ1n) is 10.9. The summed E-state index contributed by atoms with van der Waals surface area (Å²) in [6.07, 6.45) is 5.37. The van der Waals surface area contributed by atoms with Crippen LogP contribution in [-0.4, -0.2) is 25.2 Å². The average molecular weight is 450 g/mol. The monoisotopic (exact) mass is 449 g/mol. The van der Waals surface area contributed by atoms with Crippen molar-refractivity contribution in [3.63, 3.8) is 0 Å². The van der Waals surface area contributed by atoms with Crippen LogP contribution in [0, 0.1) is 0 Å². The van der Waals surface area contributed by atoms with Crippen LogP contribution in [0.15, 0.2) is 104 Å². The van der Waals surface area contributed by atoms with Crippen LogP contribution in [0.5, 0.6) is 5.75 Å². The zero-order chi connectivity index (χ0) is 23.3. The molecule has 0 fully saturated rings. The summed E-state index contributed by atoms with van der Waals surface area (Å²) in [6, 6.07) is 26.7. The molecule has 5 rings (SSSR count). The molecule has 5 aromatic rings. The molecule has 0 bridgehead atoms. The summed E-state index contributed by atoms with van der Waals surface area (Å²) in [5, 5.41) is 7.69. The van der Waals surface area contributed by atoms with Gasteiger partial charge in [0.05, 0.1) is 11.3 Å². The molecule has 2 aromatic heterocycles. The molecule has 0 aliphatic rings. The largest absolute Gasteiger partial charge is 0.486 e.